The Hall–Kier alpha value is -0.760. The molecule has 2 saturated heterocycles. The van der Waals surface area contributed by atoms with Gasteiger partial charge in [0, 0.05) is 51.3 Å². The first kappa shape index (κ1) is 17.1. The van der Waals surface area contributed by atoms with E-state index in [-0.39, 0.29) is 0 Å². The number of rotatable bonds is 4. The summed E-state index contributed by atoms with van der Waals surface area (Å²) >= 11 is 7.30. The largest absolute Gasteiger partial charge is 0.376 e. The minimum atomic E-state index is 0.337. The molecule has 3 heterocycles. The molecule has 0 aliphatic carbocycles. The molecule has 0 amide bonds. The van der Waals surface area contributed by atoms with Crippen LogP contribution in [0, 0.1) is 6.92 Å². The van der Waals surface area contributed by atoms with Gasteiger partial charge in [-0.15, -0.1) is 11.3 Å². The van der Waals surface area contributed by atoms with Gasteiger partial charge in [0.05, 0.1) is 16.8 Å². The smallest absolute Gasteiger partial charge is 0.169 e. The summed E-state index contributed by atoms with van der Waals surface area (Å²) in [7, 11) is 0. The third-order valence-electron chi connectivity index (χ3n) is 4.43. The van der Waals surface area contributed by atoms with Gasteiger partial charge in [0.15, 0.2) is 5.11 Å². The Morgan fingerprint density at radius 3 is 3.04 bits per heavy atom. The number of hydrogen-bond acceptors (Lipinski definition) is 5. The molecule has 128 valence electrons. The minimum absolute atomic E-state index is 0.337. The first-order chi connectivity index (χ1) is 11.2. The monoisotopic (exact) mass is 354 g/mol. The number of thiazole rings is 1. The Bertz CT molecular complexity index is 516. The maximum atomic E-state index is 5.65. The summed E-state index contributed by atoms with van der Waals surface area (Å²) < 4.78 is 5.65. The van der Waals surface area contributed by atoms with E-state index in [1.54, 1.807) is 11.3 Å². The molecule has 1 N–H and O–H groups in total. The van der Waals surface area contributed by atoms with Crippen molar-refractivity contribution in [3.63, 3.8) is 0 Å². The van der Waals surface area contributed by atoms with Crippen molar-refractivity contribution in [3.8, 4) is 0 Å². The Kier molecular flexibility index (Phi) is 6.21. The van der Waals surface area contributed by atoms with Gasteiger partial charge < -0.3 is 15.0 Å². The van der Waals surface area contributed by atoms with Crippen LogP contribution in [0.15, 0.2) is 5.38 Å². The summed E-state index contributed by atoms with van der Waals surface area (Å²) in [5.41, 5.74) is 1.19. The first-order valence-corrected chi connectivity index (χ1v) is 9.77. The van der Waals surface area contributed by atoms with E-state index in [4.69, 9.17) is 17.0 Å². The van der Waals surface area contributed by atoms with Gasteiger partial charge in [-0.1, -0.05) is 0 Å². The van der Waals surface area contributed by atoms with Crippen LogP contribution in [0.25, 0.3) is 0 Å². The highest BCUT2D eigenvalue weighted by Gasteiger charge is 2.20. The van der Waals surface area contributed by atoms with Crippen molar-refractivity contribution in [2.45, 2.75) is 38.8 Å². The molecule has 1 aromatic heterocycles. The van der Waals surface area contributed by atoms with Crippen LogP contribution in [-0.4, -0.2) is 65.3 Å². The molecule has 2 aliphatic rings. The molecular formula is C16H26N4OS2. The van der Waals surface area contributed by atoms with E-state index in [2.05, 4.69) is 32.4 Å². The fourth-order valence-electron chi connectivity index (χ4n) is 3.16. The Morgan fingerprint density at radius 2 is 2.30 bits per heavy atom. The first-order valence-electron chi connectivity index (χ1n) is 8.48. The second-order valence-electron chi connectivity index (χ2n) is 6.30. The Labute approximate surface area is 148 Å². The van der Waals surface area contributed by atoms with Crippen molar-refractivity contribution in [3.05, 3.63) is 16.1 Å². The topological polar surface area (TPSA) is 40.6 Å². The maximum Gasteiger partial charge on any atom is 0.169 e. The number of aryl methyl sites for hydroxylation is 1. The van der Waals surface area contributed by atoms with E-state index >= 15 is 0 Å². The quantitative estimate of drug-likeness (QED) is 0.834. The lowest BCUT2D eigenvalue weighted by atomic mass is 10.2. The molecule has 2 aliphatic heterocycles. The Morgan fingerprint density at radius 1 is 1.39 bits per heavy atom. The van der Waals surface area contributed by atoms with Gasteiger partial charge in [-0.3, -0.25) is 4.90 Å². The minimum Gasteiger partial charge on any atom is -0.376 e. The Balaban J connectivity index is 1.42. The summed E-state index contributed by atoms with van der Waals surface area (Å²) in [6.07, 6.45) is 3.80. The van der Waals surface area contributed by atoms with Crippen LogP contribution in [0.2, 0.25) is 0 Å². The molecule has 0 aromatic carbocycles. The fraction of sp³-hybridized carbons (Fsp3) is 0.750. The highest BCUT2D eigenvalue weighted by molar-refractivity contribution is 7.80. The van der Waals surface area contributed by atoms with Crippen molar-refractivity contribution in [1.29, 1.82) is 0 Å². The van der Waals surface area contributed by atoms with Gasteiger partial charge >= 0.3 is 0 Å². The summed E-state index contributed by atoms with van der Waals surface area (Å²) in [6, 6.07) is 0. The lowest BCUT2D eigenvalue weighted by Crippen LogP contribution is -2.44. The molecule has 0 saturated carbocycles. The van der Waals surface area contributed by atoms with Crippen molar-refractivity contribution >= 4 is 28.7 Å². The zero-order chi connectivity index (χ0) is 16.1. The highest BCUT2D eigenvalue weighted by Crippen LogP contribution is 2.13. The van der Waals surface area contributed by atoms with E-state index in [1.165, 1.54) is 12.1 Å². The van der Waals surface area contributed by atoms with E-state index in [0.29, 0.717) is 6.10 Å². The second kappa shape index (κ2) is 8.37. The summed E-state index contributed by atoms with van der Waals surface area (Å²) in [5.74, 6) is 0. The number of nitrogens with zero attached hydrogens (tertiary/aromatic N) is 3. The molecule has 5 nitrogen and oxygen atoms in total. The van der Waals surface area contributed by atoms with Crippen LogP contribution >= 0.6 is 23.6 Å². The predicted octanol–water partition coefficient (Wildman–Crippen LogP) is 2.01. The van der Waals surface area contributed by atoms with Crippen LogP contribution in [0.4, 0.5) is 0 Å². The van der Waals surface area contributed by atoms with Crippen LogP contribution in [0.3, 0.4) is 0 Å². The van der Waals surface area contributed by atoms with Gasteiger partial charge in [0.25, 0.3) is 0 Å². The van der Waals surface area contributed by atoms with E-state index in [0.717, 1.165) is 68.8 Å². The van der Waals surface area contributed by atoms with Crippen LogP contribution in [0.1, 0.15) is 30.0 Å². The van der Waals surface area contributed by atoms with E-state index in [1.807, 2.05) is 0 Å². The van der Waals surface area contributed by atoms with Gasteiger partial charge in [-0.2, -0.15) is 0 Å². The number of hydrogen-bond donors (Lipinski definition) is 1. The number of ether oxygens (including phenoxy) is 1. The van der Waals surface area contributed by atoms with Crippen molar-refractivity contribution in [2.24, 2.45) is 0 Å². The average molecular weight is 355 g/mol. The van der Waals surface area contributed by atoms with Gasteiger partial charge in [0.1, 0.15) is 0 Å². The predicted molar refractivity (Wildman–Crippen MR) is 97.9 cm³/mol. The third kappa shape index (κ3) is 5.11. The summed E-state index contributed by atoms with van der Waals surface area (Å²) in [4.78, 5) is 9.36. The molecule has 1 atom stereocenters. The SMILES string of the molecule is Cc1nc(CN2CCCN(C(=S)NCC3CCCO3)CC2)cs1. The molecule has 0 radical (unpaired) electrons. The van der Waals surface area contributed by atoms with Crippen molar-refractivity contribution in [1.82, 2.24) is 20.1 Å². The number of nitrogens with one attached hydrogen (secondary N) is 1. The molecule has 23 heavy (non-hydrogen) atoms. The number of aromatic nitrogens is 1. The molecule has 0 spiro atoms. The number of thiocarbonyl (C=S) groups is 1. The summed E-state index contributed by atoms with van der Waals surface area (Å²) in [5, 5.41) is 7.60. The average Bonchev–Trinajstić information content (AvgIpc) is 3.13. The maximum absolute atomic E-state index is 5.65. The highest BCUT2D eigenvalue weighted by atomic mass is 32.1. The normalized spacial score (nSPS) is 23.0. The van der Waals surface area contributed by atoms with E-state index < -0.39 is 0 Å². The van der Waals surface area contributed by atoms with Crippen LogP contribution < -0.4 is 5.32 Å². The molecule has 1 aromatic rings. The fourth-order valence-corrected chi connectivity index (χ4v) is 4.03. The lowest BCUT2D eigenvalue weighted by molar-refractivity contribution is 0.113. The van der Waals surface area contributed by atoms with Gasteiger partial charge in [-0.05, 0) is 38.4 Å². The zero-order valence-corrected chi connectivity index (χ0v) is 15.4. The third-order valence-corrected chi connectivity index (χ3v) is 5.66. The van der Waals surface area contributed by atoms with Gasteiger partial charge in [-0.25, -0.2) is 4.98 Å². The van der Waals surface area contributed by atoms with Crippen LogP contribution in [0.5, 0.6) is 0 Å². The molecule has 3 rings (SSSR count). The van der Waals surface area contributed by atoms with Crippen LogP contribution in [-0.2, 0) is 11.3 Å². The van der Waals surface area contributed by atoms with Gasteiger partial charge in [0.2, 0.25) is 0 Å². The molecule has 0 bridgehead atoms. The van der Waals surface area contributed by atoms with E-state index in [9.17, 15) is 0 Å². The molecule has 1 unspecified atom stereocenters. The molecule has 7 heteroatoms. The van der Waals surface area contributed by atoms with Crippen molar-refractivity contribution < 1.29 is 4.74 Å². The summed E-state index contributed by atoms with van der Waals surface area (Å²) in [6.45, 7) is 8.93. The standard InChI is InChI=1S/C16H26N4OS2/c1-13-18-14(12-23-13)11-19-5-3-6-20(8-7-19)16(22)17-10-15-4-2-9-21-15/h12,15H,2-11H2,1H3,(H,17,22). The second-order valence-corrected chi connectivity index (χ2v) is 7.74. The molecular weight excluding hydrogens is 328 g/mol. The zero-order valence-electron chi connectivity index (χ0n) is 13.8. The molecule has 2 fully saturated rings. The lowest BCUT2D eigenvalue weighted by Gasteiger charge is -2.25. The van der Waals surface area contributed by atoms with Crippen molar-refractivity contribution in [2.75, 3.05) is 39.3 Å².